The maximum atomic E-state index is 11.0. The van der Waals surface area contributed by atoms with Crippen LogP contribution in [0.4, 0.5) is 11.4 Å². The topological polar surface area (TPSA) is 67.6 Å². The lowest BCUT2D eigenvalue weighted by Gasteiger charge is -2.17. The molecule has 1 aromatic carbocycles. The van der Waals surface area contributed by atoms with E-state index >= 15 is 0 Å². The zero-order valence-corrected chi connectivity index (χ0v) is 11.3. The number of hydrogen-bond donors (Lipinski definition) is 1. The van der Waals surface area contributed by atoms with E-state index in [1.54, 1.807) is 20.2 Å². The number of ether oxygens (including phenoxy) is 1. The van der Waals surface area contributed by atoms with Gasteiger partial charge in [-0.1, -0.05) is 12.1 Å². The van der Waals surface area contributed by atoms with Gasteiger partial charge in [0.2, 0.25) is 0 Å². The van der Waals surface area contributed by atoms with Crippen LogP contribution >= 0.6 is 0 Å². The van der Waals surface area contributed by atoms with Crippen LogP contribution in [-0.4, -0.2) is 43.2 Å². The smallest absolute Gasteiger partial charge is 0.292 e. The Kier molecular flexibility index (Phi) is 4.34. The van der Waals surface area contributed by atoms with Crippen molar-refractivity contribution in [1.29, 1.82) is 0 Å². The highest BCUT2D eigenvalue weighted by molar-refractivity contribution is 5.66. The van der Waals surface area contributed by atoms with Gasteiger partial charge in [-0.3, -0.25) is 15.0 Å². The summed E-state index contributed by atoms with van der Waals surface area (Å²) in [6.07, 6.45) is 1.29. The Labute approximate surface area is 112 Å². The normalized spacial score (nSPS) is 19.6. The molecule has 1 saturated heterocycles. The fourth-order valence-corrected chi connectivity index (χ4v) is 2.53. The van der Waals surface area contributed by atoms with E-state index in [0.29, 0.717) is 12.2 Å². The van der Waals surface area contributed by atoms with E-state index in [-0.39, 0.29) is 16.7 Å². The lowest BCUT2D eigenvalue weighted by Crippen LogP contribution is -2.23. The minimum absolute atomic E-state index is 0.127. The number of para-hydroxylation sites is 1. The van der Waals surface area contributed by atoms with Crippen molar-refractivity contribution in [1.82, 2.24) is 4.90 Å². The molecule has 104 valence electrons. The van der Waals surface area contributed by atoms with Crippen molar-refractivity contribution in [2.45, 2.75) is 19.1 Å². The summed E-state index contributed by atoms with van der Waals surface area (Å²) < 4.78 is 5.33. The zero-order chi connectivity index (χ0) is 13.8. The third kappa shape index (κ3) is 3.02. The van der Waals surface area contributed by atoms with Crippen LogP contribution in [0.1, 0.15) is 12.0 Å². The first-order valence-corrected chi connectivity index (χ1v) is 6.35. The van der Waals surface area contributed by atoms with Crippen LogP contribution in [0.3, 0.4) is 0 Å². The van der Waals surface area contributed by atoms with Gasteiger partial charge in [0.05, 0.1) is 11.0 Å². The van der Waals surface area contributed by atoms with E-state index in [2.05, 4.69) is 10.2 Å². The molecule has 19 heavy (non-hydrogen) atoms. The van der Waals surface area contributed by atoms with Crippen molar-refractivity contribution in [3.63, 3.8) is 0 Å². The lowest BCUT2D eigenvalue weighted by atomic mass is 10.1. The van der Waals surface area contributed by atoms with Crippen LogP contribution in [0.25, 0.3) is 0 Å². The van der Waals surface area contributed by atoms with E-state index in [1.807, 2.05) is 6.07 Å². The number of methoxy groups -OCH3 is 1. The number of nitro groups is 1. The number of nitrogens with zero attached hydrogens (tertiary/aromatic N) is 2. The molecule has 0 saturated carbocycles. The summed E-state index contributed by atoms with van der Waals surface area (Å²) in [6, 6.07) is 5.19. The highest BCUT2D eigenvalue weighted by atomic mass is 16.6. The first kappa shape index (κ1) is 13.8. The molecule has 1 fully saturated rings. The molecule has 0 spiro atoms. The molecule has 1 unspecified atom stereocenters. The minimum Gasteiger partial charge on any atom is -0.382 e. The summed E-state index contributed by atoms with van der Waals surface area (Å²) in [4.78, 5) is 12.9. The quantitative estimate of drug-likeness (QED) is 0.650. The lowest BCUT2D eigenvalue weighted by molar-refractivity contribution is -0.384. The molecule has 0 bridgehead atoms. The molecular formula is C13H19N3O3. The van der Waals surface area contributed by atoms with E-state index in [1.165, 1.54) is 6.07 Å². The Bertz CT molecular complexity index is 464. The molecule has 1 aliphatic heterocycles. The number of benzene rings is 1. The fourth-order valence-electron chi connectivity index (χ4n) is 2.53. The predicted molar refractivity (Wildman–Crippen MR) is 73.3 cm³/mol. The Hall–Kier alpha value is -1.66. The van der Waals surface area contributed by atoms with Gasteiger partial charge >= 0.3 is 0 Å². The fraction of sp³-hybridized carbons (Fsp3) is 0.538. The summed E-state index contributed by atoms with van der Waals surface area (Å²) in [5.74, 6) is 0. The molecule has 1 atom stereocenters. The van der Waals surface area contributed by atoms with Gasteiger partial charge in [0.1, 0.15) is 5.69 Å². The van der Waals surface area contributed by atoms with Crippen molar-refractivity contribution < 1.29 is 9.66 Å². The van der Waals surface area contributed by atoms with Gasteiger partial charge in [-0.05, 0) is 12.0 Å². The number of nitro benzene ring substituents is 1. The van der Waals surface area contributed by atoms with Gasteiger partial charge in [-0.2, -0.15) is 0 Å². The molecule has 6 heteroatoms. The van der Waals surface area contributed by atoms with Gasteiger partial charge in [-0.25, -0.2) is 0 Å². The SMILES string of the molecule is CNc1c(CN2CCC(OC)C2)cccc1[N+](=O)[O-]. The molecule has 0 radical (unpaired) electrons. The zero-order valence-electron chi connectivity index (χ0n) is 11.3. The van der Waals surface area contributed by atoms with Crippen LogP contribution in [0.15, 0.2) is 18.2 Å². The van der Waals surface area contributed by atoms with Crippen LogP contribution in [0, 0.1) is 10.1 Å². The summed E-state index contributed by atoms with van der Waals surface area (Å²) in [6.45, 7) is 2.55. The maximum absolute atomic E-state index is 11.0. The third-order valence-electron chi connectivity index (χ3n) is 3.53. The molecule has 1 aromatic rings. The first-order valence-electron chi connectivity index (χ1n) is 6.35. The number of anilines is 1. The highest BCUT2D eigenvalue weighted by Gasteiger charge is 2.24. The largest absolute Gasteiger partial charge is 0.382 e. The van der Waals surface area contributed by atoms with Gasteiger partial charge in [-0.15, -0.1) is 0 Å². The third-order valence-corrected chi connectivity index (χ3v) is 3.53. The number of likely N-dealkylation sites (tertiary alicyclic amines) is 1. The summed E-state index contributed by atoms with van der Waals surface area (Å²) in [5, 5.41) is 13.9. The van der Waals surface area contributed by atoms with E-state index in [9.17, 15) is 10.1 Å². The Morgan fingerprint density at radius 3 is 2.95 bits per heavy atom. The molecule has 0 amide bonds. The molecule has 0 aromatic heterocycles. The average Bonchev–Trinajstić information content (AvgIpc) is 2.86. The molecule has 2 rings (SSSR count). The monoisotopic (exact) mass is 265 g/mol. The second-order valence-corrected chi connectivity index (χ2v) is 4.70. The number of nitrogens with one attached hydrogen (secondary N) is 1. The molecule has 1 aliphatic rings. The Balaban J connectivity index is 2.16. The van der Waals surface area contributed by atoms with Crippen molar-refractivity contribution in [3.8, 4) is 0 Å². The first-order chi connectivity index (χ1) is 9.15. The van der Waals surface area contributed by atoms with Crippen LogP contribution in [-0.2, 0) is 11.3 Å². The number of hydrogen-bond acceptors (Lipinski definition) is 5. The summed E-state index contributed by atoms with van der Waals surface area (Å²) in [7, 11) is 3.44. The van der Waals surface area contributed by atoms with Crippen LogP contribution in [0.2, 0.25) is 0 Å². The standard InChI is InChI=1S/C13H19N3O3/c1-14-13-10(4-3-5-12(13)16(17)18)8-15-7-6-11(9-15)19-2/h3-5,11,14H,6-9H2,1-2H3. The van der Waals surface area contributed by atoms with Crippen molar-refractivity contribution >= 4 is 11.4 Å². The van der Waals surface area contributed by atoms with Gasteiger partial charge in [0, 0.05) is 39.9 Å². The molecular weight excluding hydrogens is 246 g/mol. The van der Waals surface area contributed by atoms with E-state index in [0.717, 1.165) is 25.1 Å². The summed E-state index contributed by atoms with van der Waals surface area (Å²) >= 11 is 0. The second kappa shape index (κ2) is 5.99. The molecule has 1 heterocycles. The average molecular weight is 265 g/mol. The van der Waals surface area contributed by atoms with Gasteiger partial charge in [0.25, 0.3) is 5.69 Å². The van der Waals surface area contributed by atoms with E-state index in [4.69, 9.17) is 4.74 Å². The highest BCUT2D eigenvalue weighted by Crippen LogP contribution is 2.29. The predicted octanol–water partition coefficient (Wildman–Crippen LogP) is 1.86. The van der Waals surface area contributed by atoms with Crippen molar-refractivity contribution in [2.75, 3.05) is 32.6 Å². The molecule has 6 nitrogen and oxygen atoms in total. The summed E-state index contributed by atoms with van der Waals surface area (Å²) in [5.41, 5.74) is 1.68. The van der Waals surface area contributed by atoms with Crippen molar-refractivity contribution in [2.24, 2.45) is 0 Å². The minimum atomic E-state index is -0.350. The van der Waals surface area contributed by atoms with E-state index < -0.39 is 0 Å². The van der Waals surface area contributed by atoms with Crippen molar-refractivity contribution in [3.05, 3.63) is 33.9 Å². The number of rotatable bonds is 5. The van der Waals surface area contributed by atoms with Gasteiger partial charge in [0.15, 0.2) is 0 Å². The Morgan fingerprint density at radius 2 is 2.37 bits per heavy atom. The van der Waals surface area contributed by atoms with Crippen LogP contribution in [0.5, 0.6) is 0 Å². The van der Waals surface area contributed by atoms with Gasteiger partial charge < -0.3 is 10.1 Å². The molecule has 0 aliphatic carbocycles. The molecule has 1 N–H and O–H groups in total. The maximum Gasteiger partial charge on any atom is 0.292 e. The van der Waals surface area contributed by atoms with Crippen LogP contribution < -0.4 is 5.32 Å². The second-order valence-electron chi connectivity index (χ2n) is 4.70. The Morgan fingerprint density at radius 1 is 1.58 bits per heavy atom.